The number of hydrogen-bond donors (Lipinski definition) is 2. The SMILES string of the molecule is Cc1cc(CNC(=O)N2CCc3ccccc3[C@H]2CO)on1. The Morgan fingerprint density at radius 1 is 1.50 bits per heavy atom. The second kappa shape index (κ2) is 6.19. The van der Waals surface area contributed by atoms with E-state index in [-0.39, 0.29) is 25.2 Å². The average molecular weight is 301 g/mol. The molecule has 0 saturated carbocycles. The number of rotatable bonds is 3. The number of carbonyl (C=O) groups is 1. The van der Waals surface area contributed by atoms with Gasteiger partial charge >= 0.3 is 6.03 Å². The Bertz CT molecular complexity index is 668. The molecular weight excluding hydrogens is 282 g/mol. The van der Waals surface area contributed by atoms with Crippen LogP contribution in [-0.2, 0) is 13.0 Å². The van der Waals surface area contributed by atoms with E-state index in [4.69, 9.17) is 4.52 Å². The molecule has 0 spiro atoms. The molecule has 2 N–H and O–H groups in total. The molecule has 1 aliphatic heterocycles. The predicted octanol–water partition coefficient (Wildman–Crippen LogP) is 1.78. The number of aliphatic hydroxyl groups excluding tert-OH is 1. The second-order valence-electron chi connectivity index (χ2n) is 5.43. The molecule has 1 aliphatic rings. The molecule has 2 amide bonds. The van der Waals surface area contributed by atoms with E-state index in [1.54, 1.807) is 11.0 Å². The van der Waals surface area contributed by atoms with Crippen LogP contribution in [-0.4, -0.2) is 34.3 Å². The summed E-state index contributed by atoms with van der Waals surface area (Å²) in [5.41, 5.74) is 2.99. The van der Waals surface area contributed by atoms with Crippen LogP contribution in [0.15, 0.2) is 34.9 Å². The lowest BCUT2D eigenvalue weighted by atomic mass is 9.93. The highest BCUT2D eigenvalue weighted by Crippen LogP contribution is 2.29. The van der Waals surface area contributed by atoms with Gasteiger partial charge in [0.25, 0.3) is 0 Å². The van der Waals surface area contributed by atoms with Crippen molar-refractivity contribution in [2.24, 2.45) is 0 Å². The Morgan fingerprint density at radius 3 is 3.05 bits per heavy atom. The third-order valence-corrected chi connectivity index (χ3v) is 3.94. The number of nitrogens with zero attached hydrogens (tertiary/aromatic N) is 2. The van der Waals surface area contributed by atoms with Crippen LogP contribution >= 0.6 is 0 Å². The first-order chi connectivity index (χ1) is 10.7. The zero-order valence-electron chi connectivity index (χ0n) is 12.5. The first kappa shape index (κ1) is 14.6. The topological polar surface area (TPSA) is 78.6 Å². The van der Waals surface area contributed by atoms with Gasteiger partial charge in [-0.15, -0.1) is 0 Å². The molecule has 6 nitrogen and oxygen atoms in total. The molecule has 0 aliphatic carbocycles. The molecule has 0 saturated heterocycles. The Morgan fingerprint density at radius 2 is 2.32 bits per heavy atom. The molecule has 2 aromatic rings. The van der Waals surface area contributed by atoms with Crippen LogP contribution in [0.2, 0.25) is 0 Å². The van der Waals surface area contributed by atoms with Crippen LogP contribution < -0.4 is 5.32 Å². The summed E-state index contributed by atoms with van der Waals surface area (Å²) in [5, 5.41) is 16.3. The van der Waals surface area contributed by atoms with Crippen LogP contribution in [0, 0.1) is 6.92 Å². The summed E-state index contributed by atoms with van der Waals surface area (Å²) in [6.45, 7) is 2.61. The van der Waals surface area contributed by atoms with Gasteiger partial charge in [-0.3, -0.25) is 0 Å². The standard InChI is InChI=1S/C16H19N3O3/c1-11-8-13(22-18-11)9-17-16(21)19-7-6-12-4-2-3-5-14(12)15(19)10-20/h2-5,8,15,20H,6-7,9-10H2,1H3,(H,17,21)/t15-/m1/s1. The summed E-state index contributed by atoms with van der Waals surface area (Å²) in [6.07, 6.45) is 0.793. The predicted molar refractivity (Wildman–Crippen MR) is 80.2 cm³/mol. The molecule has 6 heteroatoms. The van der Waals surface area contributed by atoms with Crippen molar-refractivity contribution < 1.29 is 14.4 Å². The fraction of sp³-hybridized carbons (Fsp3) is 0.375. The minimum absolute atomic E-state index is 0.0914. The monoisotopic (exact) mass is 301 g/mol. The highest BCUT2D eigenvalue weighted by Gasteiger charge is 2.30. The number of benzene rings is 1. The number of aliphatic hydroxyl groups is 1. The molecule has 0 bridgehead atoms. The minimum Gasteiger partial charge on any atom is -0.394 e. The number of nitrogens with one attached hydrogen (secondary N) is 1. The highest BCUT2D eigenvalue weighted by atomic mass is 16.5. The molecule has 22 heavy (non-hydrogen) atoms. The van der Waals surface area contributed by atoms with E-state index in [0.29, 0.717) is 12.3 Å². The van der Waals surface area contributed by atoms with Crippen molar-refractivity contribution in [3.05, 3.63) is 52.9 Å². The van der Waals surface area contributed by atoms with Crippen molar-refractivity contribution in [1.82, 2.24) is 15.4 Å². The third-order valence-electron chi connectivity index (χ3n) is 3.94. The number of amides is 2. The van der Waals surface area contributed by atoms with E-state index in [2.05, 4.69) is 10.5 Å². The zero-order valence-corrected chi connectivity index (χ0v) is 12.5. The molecule has 1 atom stereocenters. The number of hydrogen-bond acceptors (Lipinski definition) is 4. The van der Waals surface area contributed by atoms with Crippen LogP contribution in [0.5, 0.6) is 0 Å². The molecule has 0 fully saturated rings. The van der Waals surface area contributed by atoms with Crippen LogP contribution in [0.25, 0.3) is 0 Å². The van der Waals surface area contributed by atoms with E-state index in [9.17, 15) is 9.90 Å². The Balaban J connectivity index is 1.70. The third kappa shape index (κ3) is 2.82. The molecule has 3 rings (SSSR count). The first-order valence-corrected chi connectivity index (χ1v) is 7.34. The largest absolute Gasteiger partial charge is 0.394 e. The fourth-order valence-electron chi connectivity index (χ4n) is 2.86. The van der Waals surface area contributed by atoms with Gasteiger partial charge in [0.05, 0.1) is 24.9 Å². The van der Waals surface area contributed by atoms with Gasteiger partial charge in [0.15, 0.2) is 5.76 Å². The quantitative estimate of drug-likeness (QED) is 0.906. The van der Waals surface area contributed by atoms with Gasteiger partial charge in [-0.05, 0) is 24.5 Å². The van der Waals surface area contributed by atoms with Crippen molar-refractivity contribution in [1.29, 1.82) is 0 Å². The maximum Gasteiger partial charge on any atom is 0.318 e. The first-order valence-electron chi connectivity index (χ1n) is 7.34. The molecule has 0 radical (unpaired) electrons. The summed E-state index contributed by atoms with van der Waals surface area (Å²) in [7, 11) is 0. The summed E-state index contributed by atoms with van der Waals surface area (Å²) in [6, 6.07) is 9.20. The Kier molecular flexibility index (Phi) is 4.11. The average Bonchev–Trinajstić information content (AvgIpc) is 2.97. The fourth-order valence-corrected chi connectivity index (χ4v) is 2.86. The van der Waals surface area contributed by atoms with Crippen molar-refractivity contribution in [3.63, 3.8) is 0 Å². The molecule has 1 aromatic carbocycles. The molecule has 0 unspecified atom stereocenters. The van der Waals surface area contributed by atoms with Crippen molar-refractivity contribution in [3.8, 4) is 0 Å². The van der Waals surface area contributed by atoms with E-state index in [0.717, 1.165) is 17.7 Å². The lowest BCUT2D eigenvalue weighted by Crippen LogP contribution is -2.46. The maximum absolute atomic E-state index is 12.4. The molecule has 1 aromatic heterocycles. The highest BCUT2D eigenvalue weighted by molar-refractivity contribution is 5.75. The van der Waals surface area contributed by atoms with Gasteiger partial charge in [0, 0.05) is 12.6 Å². The van der Waals surface area contributed by atoms with Gasteiger partial charge in [-0.2, -0.15) is 0 Å². The number of fused-ring (bicyclic) bond motifs is 1. The van der Waals surface area contributed by atoms with Gasteiger partial charge in [-0.1, -0.05) is 29.4 Å². The van der Waals surface area contributed by atoms with Crippen molar-refractivity contribution in [2.45, 2.75) is 25.9 Å². The lowest BCUT2D eigenvalue weighted by molar-refractivity contribution is 0.126. The Labute approximate surface area is 128 Å². The zero-order chi connectivity index (χ0) is 15.5. The van der Waals surface area contributed by atoms with Gasteiger partial charge in [-0.25, -0.2) is 4.79 Å². The number of aryl methyl sites for hydroxylation is 1. The van der Waals surface area contributed by atoms with E-state index >= 15 is 0 Å². The summed E-state index contributed by atoms with van der Waals surface area (Å²) in [5.74, 6) is 0.615. The molecule has 116 valence electrons. The van der Waals surface area contributed by atoms with Gasteiger partial charge in [0.2, 0.25) is 0 Å². The van der Waals surface area contributed by atoms with E-state index < -0.39 is 0 Å². The normalized spacial score (nSPS) is 17.2. The van der Waals surface area contributed by atoms with Gasteiger partial charge in [0.1, 0.15) is 0 Å². The smallest absolute Gasteiger partial charge is 0.318 e. The number of carbonyl (C=O) groups excluding carboxylic acids is 1. The van der Waals surface area contributed by atoms with Crippen LogP contribution in [0.4, 0.5) is 4.79 Å². The van der Waals surface area contributed by atoms with Crippen LogP contribution in [0.1, 0.15) is 28.6 Å². The van der Waals surface area contributed by atoms with Crippen molar-refractivity contribution >= 4 is 6.03 Å². The van der Waals surface area contributed by atoms with E-state index in [1.165, 1.54) is 5.56 Å². The summed E-state index contributed by atoms with van der Waals surface area (Å²) >= 11 is 0. The summed E-state index contributed by atoms with van der Waals surface area (Å²) in [4.78, 5) is 14.1. The maximum atomic E-state index is 12.4. The van der Waals surface area contributed by atoms with E-state index in [1.807, 2.05) is 31.2 Å². The Hall–Kier alpha value is -2.34. The second-order valence-corrected chi connectivity index (χ2v) is 5.43. The minimum atomic E-state index is -0.304. The summed E-state index contributed by atoms with van der Waals surface area (Å²) < 4.78 is 5.08. The van der Waals surface area contributed by atoms with Crippen molar-refractivity contribution in [2.75, 3.05) is 13.2 Å². The van der Waals surface area contributed by atoms with Gasteiger partial charge < -0.3 is 19.8 Å². The van der Waals surface area contributed by atoms with Crippen LogP contribution in [0.3, 0.4) is 0 Å². The number of urea groups is 1. The molecular formula is C16H19N3O3. The number of aromatic nitrogens is 1. The lowest BCUT2D eigenvalue weighted by Gasteiger charge is -2.36. The molecule has 2 heterocycles.